The first-order valence-corrected chi connectivity index (χ1v) is 3.65. The van der Waals surface area contributed by atoms with Gasteiger partial charge < -0.3 is 4.74 Å². The van der Waals surface area contributed by atoms with Crippen LogP contribution in [0, 0.1) is 0 Å². The molecule has 0 amide bonds. The third-order valence-electron chi connectivity index (χ3n) is 0.576. The minimum atomic E-state index is -0.188. The Hall–Kier alpha value is -0.0500. The van der Waals surface area contributed by atoms with E-state index in [0.717, 1.165) is 6.42 Å². The largest absolute Gasteiger partial charge is 0.465 e. The van der Waals surface area contributed by atoms with Crippen molar-refractivity contribution in [1.29, 1.82) is 0 Å². The molecule has 0 unspecified atom stereocenters. The van der Waals surface area contributed by atoms with Gasteiger partial charge in [0.25, 0.3) is 0 Å². The molecular formula is C5H9BrO2. The zero-order valence-corrected chi connectivity index (χ0v) is 6.40. The highest BCUT2D eigenvalue weighted by Gasteiger charge is 1.94. The van der Waals surface area contributed by atoms with Gasteiger partial charge in [0.15, 0.2) is 0 Å². The average molecular weight is 181 g/mol. The summed E-state index contributed by atoms with van der Waals surface area (Å²) in [6.07, 6.45) is 0.888. The number of alkyl halides is 1. The van der Waals surface area contributed by atoms with Crippen molar-refractivity contribution in [1.82, 2.24) is 0 Å². The van der Waals surface area contributed by atoms with Gasteiger partial charge in [-0.25, -0.2) is 0 Å². The summed E-state index contributed by atoms with van der Waals surface area (Å²) in [5.74, 6) is -0.188. The van der Waals surface area contributed by atoms with E-state index in [0.29, 0.717) is 11.9 Å². The maximum Gasteiger partial charge on any atom is 0.316 e. The van der Waals surface area contributed by atoms with Crippen molar-refractivity contribution in [2.24, 2.45) is 0 Å². The molecule has 2 nitrogen and oxygen atoms in total. The standard InChI is InChI=1S/C5H9BrO2/c1-2-3-8-5(7)4-6/h2-4H2,1H3. The number of ether oxygens (including phenoxy) is 1. The number of esters is 1. The van der Waals surface area contributed by atoms with E-state index in [9.17, 15) is 4.79 Å². The molecule has 0 N–H and O–H groups in total. The lowest BCUT2D eigenvalue weighted by Gasteiger charge is -1.96. The Morgan fingerprint density at radius 3 is 2.75 bits per heavy atom. The van der Waals surface area contributed by atoms with Gasteiger partial charge in [-0.05, 0) is 6.42 Å². The van der Waals surface area contributed by atoms with Gasteiger partial charge in [0.05, 0.1) is 6.61 Å². The number of halogens is 1. The van der Waals surface area contributed by atoms with E-state index < -0.39 is 0 Å². The lowest BCUT2D eigenvalue weighted by Crippen LogP contribution is -2.05. The van der Waals surface area contributed by atoms with E-state index in [1.54, 1.807) is 0 Å². The van der Waals surface area contributed by atoms with Crippen molar-refractivity contribution in [3.05, 3.63) is 0 Å². The topological polar surface area (TPSA) is 26.3 Å². The third kappa shape index (κ3) is 4.12. The smallest absolute Gasteiger partial charge is 0.316 e. The third-order valence-corrected chi connectivity index (χ3v) is 1.03. The van der Waals surface area contributed by atoms with E-state index in [1.165, 1.54) is 0 Å². The Balaban J connectivity index is 2.99. The second kappa shape index (κ2) is 5.09. The van der Waals surface area contributed by atoms with E-state index in [2.05, 4.69) is 20.7 Å². The van der Waals surface area contributed by atoms with Crippen molar-refractivity contribution in [2.45, 2.75) is 13.3 Å². The quantitative estimate of drug-likeness (QED) is 0.485. The second-order valence-electron chi connectivity index (χ2n) is 1.35. The van der Waals surface area contributed by atoms with Crippen molar-refractivity contribution in [3.8, 4) is 0 Å². The van der Waals surface area contributed by atoms with Gasteiger partial charge in [-0.15, -0.1) is 0 Å². The summed E-state index contributed by atoms with van der Waals surface area (Å²) in [7, 11) is 0. The Kier molecular flexibility index (Phi) is 5.06. The lowest BCUT2D eigenvalue weighted by molar-refractivity contribution is -0.140. The molecule has 0 fully saturated rings. The molecule has 0 spiro atoms. The second-order valence-corrected chi connectivity index (χ2v) is 1.91. The highest BCUT2D eigenvalue weighted by atomic mass is 79.9. The summed E-state index contributed by atoms with van der Waals surface area (Å²) in [5, 5.41) is 0.299. The molecule has 0 aliphatic heterocycles. The number of carbonyl (C=O) groups is 1. The van der Waals surface area contributed by atoms with Crippen LogP contribution < -0.4 is 0 Å². The predicted molar refractivity (Wildman–Crippen MR) is 35.0 cm³/mol. The Morgan fingerprint density at radius 1 is 1.75 bits per heavy atom. The van der Waals surface area contributed by atoms with Crippen LogP contribution in [0.15, 0.2) is 0 Å². The van der Waals surface area contributed by atoms with E-state index in [1.807, 2.05) is 6.92 Å². The van der Waals surface area contributed by atoms with Gasteiger partial charge in [0, 0.05) is 0 Å². The van der Waals surface area contributed by atoms with E-state index in [-0.39, 0.29) is 5.97 Å². The van der Waals surface area contributed by atoms with Crippen LogP contribution in [-0.2, 0) is 9.53 Å². The van der Waals surface area contributed by atoms with Gasteiger partial charge in [0.2, 0.25) is 0 Å². The summed E-state index contributed by atoms with van der Waals surface area (Å²) in [5.41, 5.74) is 0. The van der Waals surface area contributed by atoms with Crippen LogP contribution in [0.25, 0.3) is 0 Å². The monoisotopic (exact) mass is 180 g/mol. The summed E-state index contributed by atoms with van der Waals surface area (Å²) in [6.45, 7) is 2.49. The summed E-state index contributed by atoms with van der Waals surface area (Å²) < 4.78 is 4.65. The SMILES string of the molecule is CCCOC(=O)CBr. The van der Waals surface area contributed by atoms with Crippen LogP contribution in [0.5, 0.6) is 0 Å². The van der Waals surface area contributed by atoms with Crippen molar-refractivity contribution >= 4 is 21.9 Å². The highest BCUT2D eigenvalue weighted by molar-refractivity contribution is 9.09. The van der Waals surface area contributed by atoms with Crippen molar-refractivity contribution < 1.29 is 9.53 Å². The molecule has 0 aromatic heterocycles. The molecule has 0 atom stereocenters. The molecule has 0 saturated heterocycles. The van der Waals surface area contributed by atoms with Crippen LogP contribution in [0.2, 0.25) is 0 Å². The van der Waals surface area contributed by atoms with E-state index >= 15 is 0 Å². The molecule has 3 heteroatoms. The molecule has 0 saturated carbocycles. The summed E-state index contributed by atoms with van der Waals surface area (Å²) in [4.78, 5) is 10.3. The maximum absolute atomic E-state index is 10.3. The van der Waals surface area contributed by atoms with E-state index in [4.69, 9.17) is 0 Å². The zero-order valence-electron chi connectivity index (χ0n) is 4.82. The molecule has 0 bridgehead atoms. The van der Waals surface area contributed by atoms with Gasteiger partial charge in [0.1, 0.15) is 5.33 Å². The molecule has 8 heavy (non-hydrogen) atoms. The van der Waals surface area contributed by atoms with Crippen LogP contribution in [-0.4, -0.2) is 17.9 Å². The molecule has 0 aliphatic rings. The Bertz CT molecular complexity index is 72.8. The van der Waals surface area contributed by atoms with Gasteiger partial charge >= 0.3 is 5.97 Å². The summed E-state index contributed by atoms with van der Waals surface area (Å²) in [6, 6.07) is 0. The fraction of sp³-hybridized carbons (Fsp3) is 0.800. The van der Waals surface area contributed by atoms with Crippen molar-refractivity contribution in [3.63, 3.8) is 0 Å². The molecule has 48 valence electrons. The highest BCUT2D eigenvalue weighted by Crippen LogP contribution is 1.86. The minimum Gasteiger partial charge on any atom is -0.465 e. The van der Waals surface area contributed by atoms with Gasteiger partial charge in [-0.1, -0.05) is 22.9 Å². The molecule has 0 aromatic carbocycles. The first-order valence-electron chi connectivity index (χ1n) is 2.52. The van der Waals surface area contributed by atoms with Crippen LogP contribution in [0.1, 0.15) is 13.3 Å². The maximum atomic E-state index is 10.3. The Labute approximate surface area is 57.3 Å². The fourth-order valence-corrected chi connectivity index (χ4v) is 0.416. The first-order chi connectivity index (χ1) is 3.81. The van der Waals surface area contributed by atoms with Crippen LogP contribution in [0.3, 0.4) is 0 Å². The zero-order chi connectivity index (χ0) is 6.41. The van der Waals surface area contributed by atoms with Crippen LogP contribution >= 0.6 is 15.9 Å². The average Bonchev–Trinajstić information content (AvgIpc) is 1.83. The number of hydrogen-bond donors (Lipinski definition) is 0. The molecule has 0 heterocycles. The normalized spacial score (nSPS) is 8.75. The van der Waals surface area contributed by atoms with Crippen LogP contribution in [0.4, 0.5) is 0 Å². The number of rotatable bonds is 3. The molecule has 0 aliphatic carbocycles. The molecule has 0 aromatic rings. The summed E-state index contributed by atoms with van der Waals surface area (Å²) >= 11 is 2.97. The molecular weight excluding hydrogens is 172 g/mol. The van der Waals surface area contributed by atoms with Gasteiger partial charge in [-0.2, -0.15) is 0 Å². The Morgan fingerprint density at radius 2 is 2.38 bits per heavy atom. The minimum absolute atomic E-state index is 0.188. The number of hydrogen-bond acceptors (Lipinski definition) is 2. The first kappa shape index (κ1) is 7.95. The lowest BCUT2D eigenvalue weighted by atomic mass is 10.5. The van der Waals surface area contributed by atoms with Gasteiger partial charge in [-0.3, -0.25) is 4.79 Å². The molecule has 0 rings (SSSR count). The van der Waals surface area contributed by atoms with Crippen molar-refractivity contribution in [2.75, 3.05) is 11.9 Å². The fourth-order valence-electron chi connectivity index (χ4n) is 0.254. The molecule has 0 radical (unpaired) electrons. The number of carbonyl (C=O) groups excluding carboxylic acids is 1. The predicted octanol–water partition coefficient (Wildman–Crippen LogP) is 1.33.